The molecule has 4 nitrogen and oxygen atoms in total. The fourth-order valence-electron chi connectivity index (χ4n) is 2.52. The second kappa shape index (κ2) is 3.37. The summed E-state index contributed by atoms with van der Waals surface area (Å²) in [7, 11) is 0. The number of likely N-dealkylation sites (tertiary alicyclic amines) is 1. The van der Waals surface area contributed by atoms with Crippen LogP contribution in [0, 0.1) is 5.92 Å². The number of hydrogen-bond acceptors (Lipinski definition) is 3. The number of piperidine rings is 1. The second-order valence-corrected chi connectivity index (χ2v) is 5.60. The Morgan fingerprint density at radius 2 is 2.07 bits per heavy atom. The van der Waals surface area contributed by atoms with Crippen LogP contribution in [0.25, 0.3) is 0 Å². The first-order valence-electron chi connectivity index (χ1n) is 5.54. The first-order chi connectivity index (χ1) is 6.87. The zero-order valence-electron chi connectivity index (χ0n) is 9.56. The lowest BCUT2D eigenvalue weighted by atomic mass is 10.1. The second-order valence-electron chi connectivity index (χ2n) is 5.60. The van der Waals surface area contributed by atoms with Crippen molar-refractivity contribution in [2.45, 2.75) is 51.4 Å². The third-order valence-corrected chi connectivity index (χ3v) is 3.08. The highest BCUT2D eigenvalue weighted by Gasteiger charge is 2.47. The molecule has 0 aromatic heterocycles. The Hall–Kier alpha value is -0.770. The van der Waals surface area contributed by atoms with Crippen molar-refractivity contribution in [1.82, 2.24) is 4.90 Å². The molecule has 1 saturated heterocycles. The molecule has 4 heteroatoms. The predicted octanol–water partition coefficient (Wildman–Crippen LogP) is 1.38. The molecular formula is C11H19NO3. The van der Waals surface area contributed by atoms with E-state index in [1.807, 2.05) is 20.8 Å². The molecule has 0 aromatic rings. The summed E-state index contributed by atoms with van der Waals surface area (Å²) in [6.45, 7) is 6.32. The summed E-state index contributed by atoms with van der Waals surface area (Å²) in [6, 6.07) is -0.00940. The third kappa shape index (κ3) is 2.09. The molecular weight excluding hydrogens is 194 g/mol. The minimum Gasteiger partial charge on any atom is -0.444 e. The molecule has 1 aliphatic carbocycles. The predicted molar refractivity (Wildman–Crippen MR) is 55.5 cm³/mol. The first kappa shape index (κ1) is 10.7. The number of aliphatic hydroxyl groups is 1. The van der Waals surface area contributed by atoms with Gasteiger partial charge in [-0.3, -0.25) is 0 Å². The minimum absolute atomic E-state index is 0.00940. The number of hydrogen-bond donors (Lipinski definition) is 1. The zero-order chi connectivity index (χ0) is 11.2. The Labute approximate surface area is 90.2 Å². The van der Waals surface area contributed by atoms with Crippen molar-refractivity contribution in [2.24, 2.45) is 5.92 Å². The summed E-state index contributed by atoms with van der Waals surface area (Å²) < 4.78 is 5.30. The van der Waals surface area contributed by atoms with Crippen LogP contribution in [0.3, 0.4) is 0 Å². The number of nitrogens with zero attached hydrogens (tertiary/aromatic N) is 1. The van der Waals surface area contributed by atoms with E-state index >= 15 is 0 Å². The summed E-state index contributed by atoms with van der Waals surface area (Å²) >= 11 is 0. The Bertz CT molecular complexity index is 271. The molecule has 2 fully saturated rings. The topological polar surface area (TPSA) is 49.8 Å². The summed E-state index contributed by atoms with van der Waals surface area (Å²) in [5.74, 6) is 0.470. The van der Waals surface area contributed by atoms with Gasteiger partial charge in [0.1, 0.15) is 5.60 Å². The molecule has 1 N–H and O–H groups in total. The van der Waals surface area contributed by atoms with Crippen molar-refractivity contribution in [2.75, 3.05) is 6.54 Å². The highest BCUT2D eigenvalue weighted by Crippen LogP contribution is 2.38. The van der Waals surface area contributed by atoms with Gasteiger partial charge >= 0.3 is 6.09 Å². The standard InChI is InChI=1S/C11H19NO3/c1-11(2,3)15-10(14)12-6-7-4-8(12)9(13)5-7/h7-9,13H,4-6H2,1-3H3. The number of carbonyl (C=O) groups excluding carboxylic acids is 1. The molecule has 15 heavy (non-hydrogen) atoms. The van der Waals surface area contributed by atoms with Crippen LogP contribution in [0.4, 0.5) is 4.79 Å². The SMILES string of the molecule is CC(C)(C)OC(=O)N1CC2CC(O)C1C2. The molecule has 1 saturated carbocycles. The summed E-state index contributed by atoms with van der Waals surface area (Å²) in [5, 5.41) is 9.69. The van der Waals surface area contributed by atoms with Crippen LogP contribution < -0.4 is 0 Å². The van der Waals surface area contributed by atoms with Crippen LogP contribution in [0.2, 0.25) is 0 Å². The normalized spacial score (nSPS) is 34.7. The van der Waals surface area contributed by atoms with Gasteiger partial charge in [0.15, 0.2) is 0 Å². The van der Waals surface area contributed by atoms with E-state index in [0.717, 1.165) is 19.4 Å². The molecule has 0 spiro atoms. The minimum atomic E-state index is -0.454. The summed E-state index contributed by atoms with van der Waals surface area (Å²) in [6.07, 6.45) is 1.13. The van der Waals surface area contributed by atoms with E-state index in [-0.39, 0.29) is 18.2 Å². The van der Waals surface area contributed by atoms with Gasteiger partial charge in [-0.05, 0) is 39.5 Å². The number of carbonyl (C=O) groups is 1. The van der Waals surface area contributed by atoms with Gasteiger partial charge in [-0.1, -0.05) is 0 Å². The number of aliphatic hydroxyl groups excluding tert-OH is 1. The molecule has 2 rings (SSSR count). The molecule has 0 aromatic carbocycles. The fraction of sp³-hybridized carbons (Fsp3) is 0.909. The van der Waals surface area contributed by atoms with Crippen LogP contribution in [0.5, 0.6) is 0 Å². The summed E-state index contributed by atoms with van der Waals surface area (Å²) in [4.78, 5) is 13.5. The van der Waals surface area contributed by atoms with Crippen molar-refractivity contribution >= 4 is 6.09 Å². The van der Waals surface area contributed by atoms with Crippen LogP contribution in [-0.2, 0) is 4.74 Å². The Morgan fingerprint density at radius 3 is 2.53 bits per heavy atom. The van der Waals surface area contributed by atoms with Gasteiger partial charge < -0.3 is 14.7 Å². The maximum absolute atomic E-state index is 11.8. The van der Waals surface area contributed by atoms with E-state index in [9.17, 15) is 9.90 Å². The Morgan fingerprint density at radius 1 is 1.40 bits per heavy atom. The lowest BCUT2D eigenvalue weighted by Gasteiger charge is -2.32. The molecule has 3 atom stereocenters. The van der Waals surface area contributed by atoms with E-state index in [2.05, 4.69) is 0 Å². The van der Waals surface area contributed by atoms with E-state index in [0.29, 0.717) is 5.92 Å². The van der Waals surface area contributed by atoms with Gasteiger partial charge in [-0.15, -0.1) is 0 Å². The Kier molecular flexibility index (Phi) is 2.41. The van der Waals surface area contributed by atoms with E-state index in [4.69, 9.17) is 4.74 Å². The molecule has 1 aliphatic heterocycles. The lowest BCUT2D eigenvalue weighted by molar-refractivity contribution is -0.00176. The smallest absolute Gasteiger partial charge is 0.410 e. The van der Waals surface area contributed by atoms with Gasteiger partial charge in [0, 0.05) is 6.54 Å². The van der Waals surface area contributed by atoms with Gasteiger partial charge in [-0.25, -0.2) is 4.79 Å². The number of amides is 1. The highest BCUT2D eigenvalue weighted by molar-refractivity contribution is 5.69. The van der Waals surface area contributed by atoms with Crippen molar-refractivity contribution in [3.63, 3.8) is 0 Å². The quantitative estimate of drug-likeness (QED) is 0.661. The average Bonchev–Trinajstić information content (AvgIpc) is 2.58. The van der Waals surface area contributed by atoms with Crippen LogP contribution in [0.1, 0.15) is 33.6 Å². The van der Waals surface area contributed by atoms with Gasteiger partial charge in [0.2, 0.25) is 0 Å². The van der Waals surface area contributed by atoms with Gasteiger partial charge in [0.05, 0.1) is 12.1 Å². The maximum atomic E-state index is 11.8. The summed E-state index contributed by atoms with van der Waals surface area (Å²) in [5.41, 5.74) is -0.454. The van der Waals surface area contributed by atoms with E-state index in [1.54, 1.807) is 4.90 Å². The first-order valence-corrected chi connectivity index (χ1v) is 5.54. The van der Waals surface area contributed by atoms with Crippen molar-refractivity contribution in [1.29, 1.82) is 0 Å². The maximum Gasteiger partial charge on any atom is 0.410 e. The number of fused-ring (bicyclic) bond motifs is 2. The van der Waals surface area contributed by atoms with E-state index < -0.39 is 5.60 Å². The lowest BCUT2D eigenvalue weighted by Crippen LogP contribution is -2.46. The van der Waals surface area contributed by atoms with Crippen LogP contribution in [0.15, 0.2) is 0 Å². The average molecular weight is 213 g/mol. The van der Waals surface area contributed by atoms with Gasteiger partial charge in [0.25, 0.3) is 0 Å². The van der Waals surface area contributed by atoms with Gasteiger partial charge in [-0.2, -0.15) is 0 Å². The monoisotopic (exact) mass is 213 g/mol. The van der Waals surface area contributed by atoms with Crippen molar-refractivity contribution in [3.05, 3.63) is 0 Å². The molecule has 2 bridgehead atoms. The van der Waals surface area contributed by atoms with Crippen LogP contribution in [-0.4, -0.2) is 40.4 Å². The zero-order valence-corrected chi connectivity index (χ0v) is 9.56. The number of rotatable bonds is 0. The molecule has 3 unspecified atom stereocenters. The fourth-order valence-corrected chi connectivity index (χ4v) is 2.52. The third-order valence-electron chi connectivity index (χ3n) is 3.08. The highest BCUT2D eigenvalue weighted by atomic mass is 16.6. The van der Waals surface area contributed by atoms with E-state index in [1.165, 1.54) is 0 Å². The largest absolute Gasteiger partial charge is 0.444 e. The molecule has 1 heterocycles. The molecule has 2 aliphatic rings. The van der Waals surface area contributed by atoms with Crippen molar-refractivity contribution in [3.8, 4) is 0 Å². The molecule has 1 amide bonds. The van der Waals surface area contributed by atoms with Crippen LogP contribution >= 0.6 is 0 Å². The Balaban J connectivity index is 1.98. The number of ether oxygens (including phenoxy) is 1. The van der Waals surface area contributed by atoms with Crippen molar-refractivity contribution < 1.29 is 14.6 Å². The molecule has 0 radical (unpaired) electrons. The molecule has 86 valence electrons.